The van der Waals surface area contributed by atoms with Crippen LogP contribution >= 0.6 is 0 Å². The molecular formula is C9H18N8. The van der Waals surface area contributed by atoms with Crippen molar-refractivity contribution in [2.24, 2.45) is 0 Å². The van der Waals surface area contributed by atoms with E-state index in [9.17, 15) is 0 Å². The molecule has 0 unspecified atom stereocenters. The van der Waals surface area contributed by atoms with Gasteiger partial charge >= 0.3 is 0 Å². The third-order valence-electron chi connectivity index (χ3n) is 1.91. The molecule has 0 amide bonds. The van der Waals surface area contributed by atoms with E-state index in [0.717, 1.165) is 5.82 Å². The molecule has 8 heteroatoms. The van der Waals surface area contributed by atoms with Gasteiger partial charge in [0.15, 0.2) is 5.82 Å². The molecule has 1 N–H and O–H groups in total. The molecule has 2 aromatic rings. The number of aromatic nitrogens is 8. The van der Waals surface area contributed by atoms with Crippen LogP contribution in [0.25, 0.3) is 0 Å². The molecular weight excluding hydrogens is 220 g/mol. The average molecular weight is 238 g/mol. The predicted octanol–water partition coefficient (Wildman–Crippen LogP) is 0.751. The second-order valence-electron chi connectivity index (χ2n) is 4.87. The summed E-state index contributed by atoms with van der Waals surface area (Å²) in [5.41, 5.74) is 0.00694. The van der Waals surface area contributed by atoms with Crippen molar-refractivity contribution in [2.45, 2.75) is 46.1 Å². The minimum absolute atomic E-state index is 0.00694. The summed E-state index contributed by atoms with van der Waals surface area (Å²) in [5.74, 6) is 0.752. The first-order valence-electron chi connectivity index (χ1n) is 5.37. The second kappa shape index (κ2) is 5.46. The van der Waals surface area contributed by atoms with Crippen LogP contribution in [0, 0.1) is 0 Å². The quantitative estimate of drug-likeness (QED) is 0.787. The standard InChI is InChI=1S/C5H10N4.C4H8N4/c1-5(2,3)4-6-8-9-7-4;1-4(2)8-3-5-6-7-8/h1-3H3,(H,6,7,8,9);3-4H,1-2H3. The lowest BCUT2D eigenvalue weighted by molar-refractivity contribution is 0.514. The summed E-state index contributed by atoms with van der Waals surface area (Å²) in [6, 6.07) is 0.366. The highest BCUT2D eigenvalue weighted by molar-refractivity contribution is 4.95. The lowest BCUT2D eigenvalue weighted by Crippen LogP contribution is -2.13. The van der Waals surface area contributed by atoms with Crippen LogP contribution in [-0.4, -0.2) is 40.8 Å². The highest BCUT2D eigenvalue weighted by Gasteiger charge is 2.17. The first-order valence-corrected chi connectivity index (χ1v) is 5.37. The molecule has 0 bridgehead atoms. The largest absolute Gasteiger partial charge is 0.230 e. The second-order valence-corrected chi connectivity index (χ2v) is 4.87. The number of aromatic amines is 1. The Morgan fingerprint density at radius 2 is 2.00 bits per heavy atom. The summed E-state index contributed by atoms with van der Waals surface area (Å²) >= 11 is 0. The molecule has 17 heavy (non-hydrogen) atoms. The van der Waals surface area contributed by atoms with Gasteiger partial charge in [0.1, 0.15) is 6.33 Å². The minimum atomic E-state index is 0.00694. The van der Waals surface area contributed by atoms with E-state index < -0.39 is 0 Å². The number of nitrogens with zero attached hydrogens (tertiary/aromatic N) is 7. The van der Waals surface area contributed by atoms with Crippen LogP contribution in [0.15, 0.2) is 6.33 Å². The molecule has 0 radical (unpaired) electrons. The summed E-state index contributed by atoms with van der Waals surface area (Å²) < 4.78 is 1.69. The van der Waals surface area contributed by atoms with Crippen LogP contribution in [0.5, 0.6) is 0 Å². The molecule has 2 rings (SSSR count). The topological polar surface area (TPSA) is 98.1 Å². The molecule has 8 nitrogen and oxygen atoms in total. The Balaban J connectivity index is 0.000000171. The van der Waals surface area contributed by atoms with Crippen LogP contribution < -0.4 is 0 Å². The normalized spacial score (nSPS) is 11.2. The Morgan fingerprint density at radius 1 is 1.29 bits per heavy atom. The van der Waals surface area contributed by atoms with Crippen molar-refractivity contribution in [2.75, 3.05) is 0 Å². The van der Waals surface area contributed by atoms with Crippen molar-refractivity contribution in [3.05, 3.63) is 12.2 Å². The molecule has 0 saturated heterocycles. The van der Waals surface area contributed by atoms with Crippen molar-refractivity contribution in [3.63, 3.8) is 0 Å². The molecule has 0 saturated carbocycles. The fraction of sp³-hybridized carbons (Fsp3) is 0.778. The third kappa shape index (κ3) is 4.25. The Morgan fingerprint density at radius 3 is 2.24 bits per heavy atom. The monoisotopic (exact) mass is 238 g/mol. The van der Waals surface area contributed by atoms with Crippen LogP contribution in [0.3, 0.4) is 0 Å². The fourth-order valence-corrected chi connectivity index (χ4v) is 0.884. The van der Waals surface area contributed by atoms with Crippen molar-refractivity contribution < 1.29 is 0 Å². The van der Waals surface area contributed by atoms with Crippen molar-refractivity contribution >= 4 is 0 Å². The van der Waals surface area contributed by atoms with Gasteiger partial charge in [-0.3, -0.25) is 0 Å². The van der Waals surface area contributed by atoms with E-state index in [1.165, 1.54) is 0 Å². The van der Waals surface area contributed by atoms with Gasteiger partial charge in [-0.05, 0) is 24.3 Å². The highest BCUT2D eigenvalue weighted by Crippen LogP contribution is 2.15. The number of tetrazole rings is 2. The maximum atomic E-state index is 3.84. The molecule has 0 spiro atoms. The van der Waals surface area contributed by atoms with Gasteiger partial charge in [0.25, 0.3) is 0 Å². The third-order valence-corrected chi connectivity index (χ3v) is 1.91. The zero-order valence-electron chi connectivity index (χ0n) is 10.8. The highest BCUT2D eigenvalue weighted by atomic mass is 15.5. The molecule has 0 aliphatic carbocycles. The van der Waals surface area contributed by atoms with Gasteiger partial charge in [0.2, 0.25) is 0 Å². The van der Waals surface area contributed by atoms with E-state index in [0.29, 0.717) is 6.04 Å². The summed E-state index contributed by atoms with van der Waals surface area (Å²) in [5, 5.41) is 24.2. The van der Waals surface area contributed by atoms with Crippen LogP contribution in [-0.2, 0) is 5.41 Å². The summed E-state index contributed by atoms with van der Waals surface area (Å²) in [6.45, 7) is 10.2. The van der Waals surface area contributed by atoms with E-state index in [2.05, 4.69) is 36.1 Å². The Labute approximate surface area is 99.8 Å². The Bertz CT molecular complexity index is 397. The van der Waals surface area contributed by atoms with Gasteiger partial charge < -0.3 is 0 Å². The van der Waals surface area contributed by atoms with Gasteiger partial charge in [0.05, 0.1) is 0 Å². The molecule has 0 aromatic carbocycles. The zero-order chi connectivity index (χ0) is 12.9. The van der Waals surface area contributed by atoms with Gasteiger partial charge in [-0.2, -0.15) is 5.21 Å². The number of hydrogen-bond acceptors (Lipinski definition) is 6. The first kappa shape index (κ1) is 13.2. The van der Waals surface area contributed by atoms with Crippen molar-refractivity contribution in [1.29, 1.82) is 0 Å². The molecule has 2 aromatic heterocycles. The number of hydrogen-bond donors (Lipinski definition) is 1. The van der Waals surface area contributed by atoms with E-state index in [1.54, 1.807) is 11.0 Å². The molecule has 2 heterocycles. The summed E-state index contributed by atoms with van der Waals surface area (Å²) in [6.07, 6.45) is 1.60. The maximum Gasteiger partial charge on any atom is 0.179 e. The van der Waals surface area contributed by atoms with Gasteiger partial charge in [0, 0.05) is 11.5 Å². The van der Waals surface area contributed by atoms with Crippen LogP contribution in [0.2, 0.25) is 0 Å². The van der Waals surface area contributed by atoms with Crippen LogP contribution in [0.1, 0.15) is 46.5 Å². The van der Waals surface area contributed by atoms with E-state index >= 15 is 0 Å². The Hall–Kier alpha value is -1.86. The van der Waals surface area contributed by atoms with Gasteiger partial charge in [-0.1, -0.05) is 26.0 Å². The molecule has 94 valence electrons. The van der Waals surface area contributed by atoms with Gasteiger partial charge in [-0.15, -0.1) is 15.3 Å². The lowest BCUT2D eigenvalue weighted by atomic mass is 9.96. The number of nitrogens with one attached hydrogen (secondary N) is 1. The minimum Gasteiger partial charge on any atom is -0.230 e. The maximum absolute atomic E-state index is 3.84. The first-order chi connectivity index (χ1) is 7.91. The van der Waals surface area contributed by atoms with Crippen molar-refractivity contribution in [3.8, 4) is 0 Å². The van der Waals surface area contributed by atoms with E-state index in [-0.39, 0.29) is 5.41 Å². The predicted molar refractivity (Wildman–Crippen MR) is 61.1 cm³/mol. The Kier molecular flexibility index (Phi) is 4.24. The van der Waals surface area contributed by atoms with E-state index in [4.69, 9.17) is 0 Å². The molecule has 0 aliphatic heterocycles. The summed E-state index contributed by atoms with van der Waals surface area (Å²) in [7, 11) is 0. The van der Waals surface area contributed by atoms with Crippen LogP contribution in [0.4, 0.5) is 0 Å². The zero-order valence-corrected chi connectivity index (χ0v) is 10.8. The van der Waals surface area contributed by atoms with E-state index in [1.807, 2.05) is 34.6 Å². The van der Waals surface area contributed by atoms with Crippen molar-refractivity contribution in [1.82, 2.24) is 40.8 Å². The number of H-pyrrole nitrogens is 1. The lowest BCUT2D eigenvalue weighted by Gasteiger charge is -2.10. The molecule has 0 fully saturated rings. The summed E-state index contributed by atoms with van der Waals surface area (Å²) in [4.78, 5) is 0. The SMILES string of the molecule is CC(C)(C)c1nn[nH]n1.CC(C)n1cnnn1. The smallest absolute Gasteiger partial charge is 0.179 e. The average Bonchev–Trinajstić information content (AvgIpc) is 2.92. The molecule has 0 aliphatic rings. The van der Waals surface area contributed by atoms with Gasteiger partial charge in [-0.25, -0.2) is 4.68 Å². The fourth-order valence-electron chi connectivity index (χ4n) is 0.884. The molecule has 0 atom stereocenters. The number of rotatable bonds is 1.